The van der Waals surface area contributed by atoms with E-state index in [0.29, 0.717) is 0 Å². The van der Waals surface area contributed by atoms with Crippen molar-refractivity contribution in [1.82, 2.24) is 10.6 Å². The van der Waals surface area contributed by atoms with Crippen LogP contribution in [0.3, 0.4) is 0 Å². The molecule has 0 aromatic heterocycles. The van der Waals surface area contributed by atoms with Crippen molar-refractivity contribution < 1.29 is 19.5 Å². The van der Waals surface area contributed by atoms with Crippen molar-refractivity contribution in [3.8, 4) is 0 Å². The molecule has 0 spiro atoms. The van der Waals surface area contributed by atoms with Gasteiger partial charge in [-0.2, -0.15) is 0 Å². The second-order valence-corrected chi connectivity index (χ2v) is 8.19. The number of carboxylic acid groups (broad SMARTS) is 1. The van der Waals surface area contributed by atoms with E-state index in [1.165, 1.54) is 0 Å². The lowest BCUT2D eigenvalue weighted by Crippen LogP contribution is -2.54. The first-order chi connectivity index (χ1) is 15.3. The Morgan fingerprint density at radius 2 is 1.50 bits per heavy atom. The number of hydrogen-bond acceptors (Lipinski definition) is 3. The van der Waals surface area contributed by atoms with E-state index in [1.54, 1.807) is 0 Å². The Hall–Kier alpha value is -3.67. The number of carbonyl (C=O) groups is 3. The van der Waals surface area contributed by atoms with Crippen LogP contribution in [0.4, 0.5) is 0 Å². The van der Waals surface area contributed by atoms with E-state index in [0.717, 1.165) is 21.9 Å². The van der Waals surface area contributed by atoms with Crippen molar-refractivity contribution >= 4 is 28.6 Å². The molecule has 6 heteroatoms. The molecule has 0 aliphatic carbocycles. The third kappa shape index (κ3) is 5.94. The van der Waals surface area contributed by atoms with Gasteiger partial charge in [-0.1, -0.05) is 86.6 Å². The van der Waals surface area contributed by atoms with Gasteiger partial charge in [0.15, 0.2) is 0 Å². The Balaban J connectivity index is 1.68. The fourth-order valence-electron chi connectivity index (χ4n) is 3.69. The average Bonchev–Trinajstić information content (AvgIpc) is 2.77. The third-order valence-electron chi connectivity index (χ3n) is 5.39. The van der Waals surface area contributed by atoms with Crippen molar-refractivity contribution in [3.05, 3.63) is 83.9 Å². The zero-order valence-electron chi connectivity index (χ0n) is 18.2. The minimum atomic E-state index is -1.12. The molecule has 0 aliphatic rings. The van der Waals surface area contributed by atoms with Gasteiger partial charge in [0.2, 0.25) is 11.8 Å². The number of carboxylic acids is 1. The predicted molar refractivity (Wildman–Crippen MR) is 124 cm³/mol. The normalized spacial score (nSPS) is 12.8. The lowest BCUT2D eigenvalue weighted by Gasteiger charge is -2.24. The van der Waals surface area contributed by atoms with Crippen LogP contribution in [-0.4, -0.2) is 35.0 Å². The van der Waals surface area contributed by atoms with Crippen molar-refractivity contribution in [3.63, 3.8) is 0 Å². The molecule has 0 radical (unpaired) electrons. The van der Waals surface area contributed by atoms with E-state index >= 15 is 0 Å². The lowest BCUT2D eigenvalue weighted by molar-refractivity contribution is -0.142. The SMILES string of the molecule is CC(C)[C@H](NC(=O)Cc1cccc2ccccc12)C(=O)N[C@@H](Cc1ccccc1)C(=O)O. The third-order valence-corrected chi connectivity index (χ3v) is 5.39. The standard InChI is InChI=1S/C26H28N2O4/c1-17(2)24(25(30)27-22(26(31)32)15-18-9-4-3-5-10-18)28-23(29)16-20-13-8-12-19-11-6-7-14-21(19)20/h3-14,17,22,24H,15-16H2,1-2H3,(H,27,30)(H,28,29)(H,31,32)/t22-,24-/m0/s1. The van der Waals surface area contributed by atoms with Gasteiger partial charge in [-0.15, -0.1) is 0 Å². The molecule has 0 saturated heterocycles. The van der Waals surface area contributed by atoms with Gasteiger partial charge < -0.3 is 15.7 Å². The van der Waals surface area contributed by atoms with Crippen molar-refractivity contribution in [2.24, 2.45) is 5.92 Å². The second-order valence-electron chi connectivity index (χ2n) is 8.19. The van der Waals surface area contributed by atoms with E-state index in [9.17, 15) is 19.5 Å². The van der Waals surface area contributed by atoms with Crippen LogP contribution < -0.4 is 10.6 Å². The summed E-state index contributed by atoms with van der Waals surface area (Å²) in [7, 11) is 0. The zero-order valence-corrected chi connectivity index (χ0v) is 18.2. The van der Waals surface area contributed by atoms with Crippen molar-refractivity contribution in [2.75, 3.05) is 0 Å². The number of nitrogens with one attached hydrogen (secondary N) is 2. The summed E-state index contributed by atoms with van der Waals surface area (Å²) in [6.07, 6.45) is 0.293. The van der Waals surface area contributed by atoms with Crippen LogP contribution in [0.1, 0.15) is 25.0 Å². The highest BCUT2D eigenvalue weighted by Crippen LogP contribution is 2.19. The summed E-state index contributed by atoms with van der Waals surface area (Å²) in [4.78, 5) is 37.4. The molecule has 2 atom stereocenters. The van der Waals surface area contributed by atoms with E-state index in [-0.39, 0.29) is 24.7 Å². The van der Waals surface area contributed by atoms with Crippen molar-refractivity contribution in [1.29, 1.82) is 0 Å². The molecule has 3 aromatic rings. The highest BCUT2D eigenvalue weighted by molar-refractivity contribution is 5.93. The Kier molecular flexibility index (Phi) is 7.60. The highest BCUT2D eigenvalue weighted by Gasteiger charge is 2.28. The Morgan fingerprint density at radius 1 is 0.844 bits per heavy atom. The van der Waals surface area contributed by atoms with Gasteiger partial charge in [-0.05, 0) is 27.8 Å². The zero-order chi connectivity index (χ0) is 23.1. The fourth-order valence-corrected chi connectivity index (χ4v) is 3.69. The van der Waals surface area contributed by atoms with E-state index in [2.05, 4.69) is 10.6 Å². The lowest BCUT2D eigenvalue weighted by atomic mass is 9.99. The molecule has 32 heavy (non-hydrogen) atoms. The smallest absolute Gasteiger partial charge is 0.326 e. The molecule has 0 fully saturated rings. The predicted octanol–water partition coefficient (Wildman–Crippen LogP) is 3.34. The summed E-state index contributed by atoms with van der Waals surface area (Å²) in [5.41, 5.74) is 1.68. The number of benzene rings is 3. The minimum Gasteiger partial charge on any atom is -0.480 e. The topological polar surface area (TPSA) is 95.5 Å². The maximum Gasteiger partial charge on any atom is 0.326 e. The fraction of sp³-hybridized carbons (Fsp3) is 0.269. The summed E-state index contributed by atoms with van der Waals surface area (Å²) in [5.74, 6) is -2.12. The molecular weight excluding hydrogens is 404 g/mol. The Labute approximate surface area is 187 Å². The summed E-state index contributed by atoms with van der Waals surface area (Å²) >= 11 is 0. The van der Waals surface area contributed by atoms with E-state index in [4.69, 9.17) is 0 Å². The maximum atomic E-state index is 12.9. The largest absolute Gasteiger partial charge is 0.480 e. The maximum absolute atomic E-state index is 12.9. The van der Waals surface area contributed by atoms with Crippen molar-refractivity contribution in [2.45, 2.75) is 38.8 Å². The Bertz CT molecular complexity index is 1090. The van der Waals surface area contributed by atoms with Gasteiger partial charge in [-0.3, -0.25) is 9.59 Å². The number of hydrogen-bond donors (Lipinski definition) is 3. The molecular formula is C26H28N2O4. The summed E-state index contributed by atoms with van der Waals surface area (Å²) in [5, 5.41) is 17.0. The number of fused-ring (bicyclic) bond motifs is 1. The molecule has 6 nitrogen and oxygen atoms in total. The van der Waals surface area contributed by atoms with Crippen LogP contribution in [0.25, 0.3) is 10.8 Å². The van der Waals surface area contributed by atoms with Crippen LogP contribution >= 0.6 is 0 Å². The summed E-state index contributed by atoms with van der Waals surface area (Å²) in [6.45, 7) is 3.63. The molecule has 2 amide bonds. The first kappa shape index (κ1) is 23.0. The minimum absolute atomic E-state index is 0.129. The van der Waals surface area contributed by atoms with Crippen LogP contribution in [0.15, 0.2) is 72.8 Å². The molecule has 0 saturated carbocycles. The molecule has 0 unspecified atom stereocenters. The van der Waals surface area contributed by atoms with Crippen LogP contribution in [0.5, 0.6) is 0 Å². The first-order valence-electron chi connectivity index (χ1n) is 10.7. The number of aliphatic carboxylic acids is 1. The average molecular weight is 433 g/mol. The second kappa shape index (κ2) is 10.6. The summed E-state index contributed by atoms with van der Waals surface area (Å²) in [6, 6.07) is 20.8. The molecule has 0 heterocycles. The van der Waals surface area contributed by atoms with Gasteiger partial charge >= 0.3 is 5.97 Å². The van der Waals surface area contributed by atoms with Gasteiger partial charge in [0.1, 0.15) is 12.1 Å². The number of amides is 2. The molecule has 0 aliphatic heterocycles. The number of carbonyl (C=O) groups excluding carboxylic acids is 2. The van der Waals surface area contributed by atoms with E-state index in [1.807, 2.05) is 86.6 Å². The highest BCUT2D eigenvalue weighted by atomic mass is 16.4. The first-order valence-corrected chi connectivity index (χ1v) is 10.7. The van der Waals surface area contributed by atoms with Crippen LogP contribution in [0, 0.1) is 5.92 Å². The monoisotopic (exact) mass is 432 g/mol. The summed E-state index contributed by atoms with van der Waals surface area (Å²) < 4.78 is 0. The van der Waals surface area contributed by atoms with Crippen LogP contribution in [0.2, 0.25) is 0 Å². The molecule has 0 bridgehead atoms. The molecule has 3 N–H and O–H groups in total. The molecule has 3 rings (SSSR count). The van der Waals surface area contributed by atoms with Gasteiger partial charge in [-0.25, -0.2) is 4.79 Å². The number of rotatable bonds is 9. The molecule has 166 valence electrons. The van der Waals surface area contributed by atoms with Crippen LogP contribution in [-0.2, 0) is 27.2 Å². The molecule has 3 aromatic carbocycles. The quantitative estimate of drug-likeness (QED) is 0.483. The Morgan fingerprint density at radius 3 is 2.19 bits per heavy atom. The van der Waals surface area contributed by atoms with Gasteiger partial charge in [0.25, 0.3) is 0 Å². The van der Waals surface area contributed by atoms with Gasteiger partial charge in [0, 0.05) is 6.42 Å². The van der Waals surface area contributed by atoms with E-state index < -0.39 is 24.0 Å². The van der Waals surface area contributed by atoms with Gasteiger partial charge in [0.05, 0.1) is 6.42 Å².